The first-order valence-electron chi connectivity index (χ1n) is 8.05. The maximum atomic E-state index is 11.1. The number of piperidine rings is 1. The minimum Gasteiger partial charge on any atom is -0.469 e. The van der Waals surface area contributed by atoms with Crippen molar-refractivity contribution in [3.8, 4) is 0 Å². The van der Waals surface area contributed by atoms with Gasteiger partial charge in [-0.1, -0.05) is 37.3 Å². The molecule has 3 heteroatoms. The Bertz CT molecular complexity index is 432. The highest BCUT2D eigenvalue weighted by molar-refractivity contribution is 5.68. The molecule has 21 heavy (non-hydrogen) atoms. The Morgan fingerprint density at radius 1 is 1.29 bits per heavy atom. The van der Waals surface area contributed by atoms with Crippen LogP contribution >= 0.6 is 0 Å². The third kappa shape index (κ3) is 4.85. The number of unbranched alkanes of at least 4 members (excludes halogenated alkanes) is 1. The third-order valence-corrected chi connectivity index (χ3v) is 4.55. The third-order valence-electron chi connectivity index (χ3n) is 4.55. The van der Waals surface area contributed by atoms with Crippen LogP contribution in [0.5, 0.6) is 0 Å². The Labute approximate surface area is 128 Å². The first-order valence-corrected chi connectivity index (χ1v) is 8.05. The van der Waals surface area contributed by atoms with Crippen LogP contribution in [0, 0.1) is 5.92 Å². The quantitative estimate of drug-likeness (QED) is 0.593. The van der Waals surface area contributed by atoms with E-state index in [1.54, 1.807) is 0 Å². The molecule has 1 saturated heterocycles. The molecule has 1 fully saturated rings. The fraction of sp³-hybridized carbons (Fsp3) is 0.611. The summed E-state index contributed by atoms with van der Waals surface area (Å²) in [5.41, 5.74) is 1.48. The van der Waals surface area contributed by atoms with Crippen LogP contribution in [-0.2, 0) is 9.53 Å². The van der Waals surface area contributed by atoms with Crippen LogP contribution < -0.4 is 0 Å². The molecule has 2 atom stereocenters. The van der Waals surface area contributed by atoms with Gasteiger partial charge in [-0.3, -0.25) is 4.79 Å². The summed E-state index contributed by atoms with van der Waals surface area (Å²) in [5, 5.41) is 0. The normalized spacial score (nSPS) is 23.0. The molecule has 3 nitrogen and oxygen atoms in total. The van der Waals surface area contributed by atoms with E-state index in [4.69, 9.17) is 0 Å². The van der Waals surface area contributed by atoms with E-state index in [1.807, 2.05) is 0 Å². The predicted molar refractivity (Wildman–Crippen MR) is 85.3 cm³/mol. The van der Waals surface area contributed by atoms with E-state index in [9.17, 15) is 4.79 Å². The van der Waals surface area contributed by atoms with E-state index in [0.717, 1.165) is 25.9 Å². The van der Waals surface area contributed by atoms with E-state index < -0.39 is 0 Å². The van der Waals surface area contributed by atoms with Gasteiger partial charge >= 0.3 is 5.97 Å². The molecule has 0 radical (unpaired) electrons. The summed E-state index contributed by atoms with van der Waals surface area (Å²) >= 11 is 0. The molecule has 1 aliphatic rings. The number of esters is 1. The maximum absolute atomic E-state index is 11.1. The summed E-state index contributed by atoms with van der Waals surface area (Å²) in [6.45, 7) is 5.79. The maximum Gasteiger partial charge on any atom is 0.305 e. The molecule has 0 aliphatic carbocycles. The number of likely N-dealkylation sites (tertiary alicyclic amines) is 1. The van der Waals surface area contributed by atoms with Crippen molar-refractivity contribution in [2.45, 2.75) is 38.5 Å². The zero-order chi connectivity index (χ0) is 15.1. The van der Waals surface area contributed by atoms with E-state index in [-0.39, 0.29) is 5.97 Å². The molecule has 0 N–H and O–H groups in total. The summed E-state index contributed by atoms with van der Waals surface area (Å²) in [6.07, 6.45) is 3.80. The van der Waals surface area contributed by atoms with Crippen LogP contribution in [0.2, 0.25) is 0 Å². The Hall–Kier alpha value is -1.35. The number of benzene rings is 1. The number of hydrogen-bond acceptors (Lipinski definition) is 3. The molecular weight excluding hydrogens is 262 g/mol. The van der Waals surface area contributed by atoms with Gasteiger partial charge in [0, 0.05) is 13.0 Å². The van der Waals surface area contributed by atoms with Crippen molar-refractivity contribution in [3.63, 3.8) is 0 Å². The summed E-state index contributed by atoms with van der Waals surface area (Å²) in [5.74, 6) is 1.30. The number of hydrogen-bond donors (Lipinski definition) is 0. The van der Waals surface area contributed by atoms with Crippen LogP contribution in [0.3, 0.4) is 0 Å². The lowest BCUT2D eigenvalue weighted by Gasteiger charge is -2.37. The van der Waals surface area contributed by atoms with Gasteiger partial charge in [0.05, 0.1) is 7.11 Å². The second-order valence-corrected chi connectivity index (χ2v) is 6.12. The molecule has 0 aromatic heterocycles. The molecule has 1 aromatic carbocycles. The highest BCUT2D eigenvalue weighted by Crippen LogP contribution is 2.32. The van der Waals surface area contributed by atoms with Gasteiger partial charge < -0.3 is 9.64 Å². The first-order chi connectivity index (χ1) is 10.2. The molecule has 0 spiro atoms. The van der Waals surface area contributed by atoms with Crippen molar-refractivity contribution in [2.75, 3.05) is 26.7 Å². The zero-order valence-corrected chi connectivity index (χ0v) is 13.3. The zero-order valence-electron chi connectivity index (χ0n) is 13.3. The van der Waals surface area contributed by atoms with Crippen molar-refractivity contribution in [2.24, 2.45) is 5.92 Å². The number of carbonyl (C=O) groups is 1. The average molecular weight is 289 g/mol. The molecule has 0 saturated carbocycles. The van der Waals surface area contributed by atoms with E-state index in [0.29, 0.717) is 18.3 Å². The number of rotatable bonds is 6. The van der Waals surface area contributed by atoms with Gasteiger partial charge in [0.15, 0.2) is 0 Å². The first kappa shape index (κ1) is 16.0. The highest BCUT2D eigenvalue weighted by atomic mass is 16.5. The van der Waals surface area contributed by atoms with E-state index in [2.05, 4.69) is 46.9 Å². The Morgan fingerprint density at radius 2 is 2.05 bits per heavy atom. The predicted octanol–water partition coefficient (Wildman–Crippen LogP) is 3.46. The van der Waals surface area contributed by atoms with Crippen LogP contribution in [0.4, 0.5) is 0 Å². The lowest BCUT2D eigenvalue weighted by atomic mass is 9.81. The van der Waals surface area contributed by atoms with Crippen molar-refractivity contribution in [1.29, 1.82) is 0 Å². The standard InChI is InChI=1S/C18H27NO2/c1-15-14-19(12-7-6-10-18(20)21-2)13-11-17(15)16-8-4-3-5-9-16/h3-5,8-9,15,17H,6-7,10-14H2,1-2H3/t15-,17+/m1/s1. The van der Waals surface area contributed by atoms with Gasteiger partial charge in [-0.15, -0.1) is 0 Å². The fourth-order valence-electron chi connectivity index (χ4n) is 3.34. The molecule has 1 heterocycles. The number of ether oxygens (including phenoxy) is 1. The lowest BCUT2D eigenvalue weighted by molar-refractivity contribution is -0.140. The Morgan fingerprint density at radius 3 is 2.71 bits per heavy atom. The van der Waals surface area contributed by atoms with Crippen LogP contribution in [-0.4, -0.2) is 37.6 Å². The van der Waals surface area contributed by atoms with Gasteiger partial charge in [0.1, 0.15) is 0 Å². The highest BCUT2D eigenvalue weighted by Gasteiger charge is 2.26. The van der Waals surface area contributed by atoms with Crippen molar-refractivity contribution < 1.29 is 9.53 Å². The average Bonchev–Trinajstić information content (AvgIpc) is 2.52. The fourth-order valence-corrected chi connectivity index (χ4v) is 3.34. The van der Waals surface area contributed by atoms with Gasteiger partial charge in [-0.25, -0.2) is 0 Å². The second kappa shape index (κ2) is 8.18. The SMILES string of the molecule is COC(=O)CCCCN1CC[C@H](c2ccccc2)[C@H](C)C1. The monoisotopic (exact) mass is 289 g/mol. The smallest absolute Gasteiger partial charge is 0.305 e. The molecule has 0 bridgehead atoms. The molecule has 1 aliphatic heterocycles. The molecule has 116 valence electrons. The van der Waals surface area contributed by atoms with Crippen molar-refractivity contribution in [1.82, 2.24) is 4.90 Å². The number of nitrogens with zero attached hydrogens (tertiary/aromatic N) is 1. The van der Waals surface area contributed by atoms with Crippen LogP contribution in [0.15, 0.2) is 30.3 Å². The summed E-state index contributed by atoms with van der Waals surface area (Å²) in [6, 6.07) is 10.9. The number of methoxy groups -OCH3 is 1. The largest absolute Gasteiger partial charge is 0.469 e. The van der Waals surface area contributed by atoms with Gasteiger partial charge in [0.2, 0.25) is 0 Å². The van der Waals surface area contributed by atoms with Crippen molar-refractivity contribution in [3.05, 3.63) is 35.9 Å². The summed E-state index contributed by atoms with van der Waals surface area (Å²) in [4.78, 5) is 13.6. The minimum absolute atomic E-state index is 0.0915. The second-order valence-electron chi connectivity index (χ2n) is 6.12. The Kier molecular flexibility index (Phi) is 6.24. The van der Waals surface area contributed by atoms with Gasteiger partial charge in [-0.2, -0.15) is 0 Å². The van der Waals surface area contributed by atoms with Crippen LogP contribution in [0.1, 0.15) is 44.1 Å². The molecule has 0 amide bonds. The van der Waals surface area contributed by atoms with Gasteiger partial charge in [0.25, 0.3) is 0 Å². The number of carbonyl (C=O) groups excluding carboxylic acids is 1. The topological polar surface area (TPSA) is 29.5 Å². The minimum atomic E-state index is -0.0915. The lowest BCUT2D eigenvalue weighted by Crippen LogP contribution is -2.38. The van der Waals surface area contributed by atoms with Crippen LogP contribution in [0.25, 0.3) is 0 Å². The molecule has 2 rings (SSSR count). The molecule has 1 aromatic rings. The Balaban J connectivity index is 1.72. The summed E-state index contributed by atoms with van der Waals surface area (Å²) < 4.78 is 4.67. The molecular formula is C18H27NO2. The van der Waals surface area contributed by atoms with E-state index >= 15 is 0 Å². The van der Waals surface area contributed by atoms with E-state index in [1.165, 1.54) is 25.6 Å². The van der Waals surface area contributed by atoms with Crippen molar-refractivity contribution >= 4 is 5.97 Å². The summed E-state index contributed by atoms with van der Waals surface area (Å²) in [7, 11) is 1.46. The molecule has 0 unspecified atom stereocenters. The van der Waals surface area contributed by atoms with Gasteiger partial charge in [-0.05, 0) is 49.8 Å².